The van der Waals surface area contributed by atoms with E-state index in [1.54, 1.807) is 0 Å². The van der Waals surface area contributed by atoms with Crippen molar-refractivity contribution in [1.29, 1.82) is 0 Å². The third kappa shape index (κ3) is 5.29. The quantitative estimate of drug-likeness (QED) is 0.788. The second kappa shape index (κ2) is 8.98. The lowest BCUT2D eigenvalue weighted by molar-refractivity contribution is -0.130. The highest BCUT2D eigenvalue weighted by Crippen LogP contribution is 2.32. The average molecular weight is 363 g/mol. The van der Waals surface area contributed by atoms with Gasteiger partial charge in [0.25, 0.3) is 0 Å². The third-order valence-corrected chi connectivity index (χ3v) is 6.11. The molecule has 2 saturated heterocycles. The Bertz CT molecular complexity index is 538. The molecular weight excluding hydrogens is 328 g/mol. The van der Waals surface area contributed by atoms with Crippen LogP contribution < -0.4 is 5.43 Å². The molecule has 26 heavy (non-hydrogen) atoms. The molecule has 146 valence electrons. The highest BCUT2D eigenvalue weighted by molar-refractivity contribution is 5.94. The number of hydrazone groups is 1. The van der Waals surface area contributed by atoms with Gasteiger partial charge in [-0.15, -0.1) is 0 Å². The van der Waals surface area contributed by atoms with Gasteiger partial charge < -0.3 is 9.80 Å². The number of piperidine rings is 1. The zero-order chi connectivity index (χ0) is 18.5. The van der Waals surface area contributed by atoms with Crippen LogP contribution in [-0.2, 0) is 9.59 Å². The topological polar surface area (TPSA) is 65.0 Å². The Hall–Kier alpha value is -1.43. The van der Waals surface area contributed by atoms with Crippen molar-refractivity contribution in [3.63, 3.8) is 0 Å². The van der Waals surface area contributed by atoms with Gasteiger partial charge >= 0.3 is 0 Å². The fraction of sp³-hybridized carbons (Fsp3) is 0.850. The largest absolute Gasteiger partial charge is 0.342 e. The van der Waals surface area contributed by atoms with E-state index in [0.29, 0.717) is 31.6 Å². The average Bonchev–Trinajstić information content (AvgIpc) is 3.11. The van der Waals surface area contributed by atoms with E-state index in [9.17, 15) is 9.59 Å². The number of hydrogen-bond donors (Lipinski definition) is 1. The summed E-state index contributed by atoms with van der Waals surface area (Å²) in [6.07, 6.45) is 6.12. The summed E-state index contributed by atoms with van der Waals surface area (Å²) in [5.41, 5.74) is 3.46. The lowest BCUT2D eigenvalue weighted by Gasteiger charge is -2.35. The molecule has 6 heteroatoms. The second-order valence-electron chi connectivity index (χ2n) is 8.63. The predicted octanol–water partition coefficient (Wildman–Crippen LogP) is 2.25. The van der Waals surface area contributed by atoms with Crippen LogP contribution in [0.25, 0.3) is 0 Å². The molecule has 0 bridgehead atoms. The Labute approximate surface area is 157 Å². The lowest BCUT2D eigenvalue weighted by Crippen LogP contribution is -2.39. The Morgan fingerprint density at radius 1 is 1.15 bits per heavy atom. The predicted molar refractivity (Wildman–Crippen MR) is 103 cm³/mol. The van der Waals surface area contributed by atoms with Gasteiger partial charge in [0, 0.05) is 38.2 Å². The van der Waals surface area contributed by atoms with Crippen LogP contribution in [0.15, 0.2) is 5.10 Å². The van der Waals surface area contributed by atoms with E-state index in [-0.39, 0.29) is 11.8 Å². The molecule has 0 radical (unpaired) electrons. The zero-order valence-corrected chi connectivity index (χ0v) is 16.4. The van der Waals surface area contributed by atoms with Crippen LogP contribution in [0.4, 0.5) is 0 Å². The summed E-state index contributed by atoms with van der Waals surface area (Å²) in [5, 5.41) is 4.07. The van der Waals surface area contributed by atoms with E-state index in [0.717, 1.165) is 37.1 Å². The molecule has 2 amide bonds. The molecule has 1 N–H and O–H groups in total. The van der Waals surface area contributed by atoms with E-state index >= 15 is 0 Å². The zero-order valence-electron chi connectivity index (χ0n) is 16.4. The number of nitrogens with one attached hydrogen (secondary N) is 1. The van der Waals surface area contributed by atoms with Crippen molar-refractivity contribution >= 4 is 17.5 Å². The van der Waals surface area contributed by atoms with Gasteiger partial charge in [0.1, 0.15) is 0 Å². The molecule has 0 aliphatic carbocycles. The molecule has 6 nitrogen and oxygen atoms in total. The monoisotopic (exact) mass is 362 g/mol. The van der Waals surface area contributed by atoms with Crippen LogP contribution >= 0.6 is 0 Å². The van der Waals surface area contributed by atoms with Crippen molar-refractivity contribution in [3.05, 3.63) is 0 Å². The summed E-state index contributed by atoms with van der Waals surface area (Å²) in [6, 6.07) is 0. The van der Waals surface area contributed by atoms with Gasteiger partial charge in [0.05, 0.1) is 0 Å². The summed E-state index contributed by atoms with van der Waals surface area (Å²) in [7, 11) is 0. The molecule has 3 heterocycles. The molecule has 2 fully saturated rings. The maximum atomic E-state index is 12.5. The number of rotatable bonds is 6. The van der Waals surface area contributed by atoms with Crippen molar-refractivity contribution < 1.29 is 9.59 Å². The molecular formula is C20H34N4O2. The summed E-state index contributed by atoms with van der Waals surface area (Å²) >= 11 is 0. The van der Waals surface area contributed by atoms with Gasteiger partial charge in [-0.05, 0) is 62.9 Å². The Morgan fingerprint density at radius 3 is 2.54 bits per heavy atom. The van der Waals surface area contributed by atoms with Crippen LogP contribution in [-0.4, -0.2) is 60.0 Å². The van der Waals surface area contributed by atoms with Gasteiger partial charge in [-0.25, -0.2) is 5.43 Å². The highest BCUT2D eigenvalue weighted by atomic mass is 16.2. The molecule has 0 aromatic carbocycles. The van der Waals surface area contributed by atoms with Crippen LogP contribution in [0.2, 0.25) is 0 Å². The van der Waals surface area contributed by atoms with E-state index < -0.39 is 0 Å². The molecule has 0 saturated carbocycles. The van der Waals surface area contributed by atoms with Gasteiger partial charge in [-0.3, -0.25) is 9.59 Å². The molecule has 3 rings (SSSR count). The number of hydrogen-bond acceptors (Lipinski definition) is 4. The van der Waals surface area contributed by atoms with E-state index in [1.165, 1.54) is 32.5 Å². The summed E-state index contributed by atoms with van der Waals surface area (Å²) < 4.78 is 0. The highest BCUT2D eigenvalue weighted by Gasteiger charge is 2.33. The first-order valence-electron chi connectivity index (χ1n) is 10.4. The number of amides is 2. The summed E-state index contributed by atoms with van der Waals surface area (Å²) in [6.45, 7) is 10.1. The molecule has 1 atom stereocenters. The molecule has 1 unspecified atom stereocenters. The Kier molecular flexibility index (Phi) is 6.68. The van der Waals surface area contributed by atoms with Crippen molar-refractivity contribution in [1.82, 2.24) is 15.2 Å². The first kappa shape index (κ1) is 19.3. The first-order valence-corrected chi connectivity index (χ1v) is 10.4. The minimum atomic E-state index is -0.0260. The number of likely N-dealkylation sites (tertiary alicyclic amines) is 2. The SMILES string of the molecule is CC(C)CN1CCC(C2CCN(C(=O)CCC3=NNC(=O)CC3)C2)CC1. The molecule has 0 spiro atoms. The summed E-state index contributed by atoms with van der Waals surface area (Å²) in [4.78, 5) is 28.3. The van der Waals surface area contributed by atoms with Gasteiger partial charge in [-0.1, -0.05) is 13.8 Å². The van der Waals surface area contributed by atoms with Crippen LogP contribution in [0, 0.1) is 17.8 Å². The van der Waals surface area contributed by atoms with E-state index in [1.807, 2.05) is 0 Å². The van der Waals surface area contributed by atoms with Crippen LogP contribution in [0.1, 0.15) is 58.8 Å². The smallest absolute Gasteiger partial charge is 0.240 e. The minimum Gasteiger partial charge on any atom is -0.342 e. The maximum absolute atomic E-state index is 12.5. The standard InChI is InChI=1S/C20H34N4O2/c1-15(2)13-23-10-7-16(8-11-23)17-9-12-24(14-17)20(26)6-4-18-3-5-19(25)22-21-18/h15-17H,3-14H2,1-2H3,(H,22,25). The van der Waals surface area contributed by atoms with Crippen molar-refractivity contribution in [2.45, 2.75) is 58.8 Å². The Balaban J connectivity index is 1.38. The molecule has 0 aromatic rings. The van der Waals surface area contributed by atoms with Gasteiger partial charge in [-0.2, -0.15) is 5.10 Å². The number of carbonyl (C=O) groups is 2. The molecule has 0 aromatic heterocycles. The lowest BCUT2D eigenvalue weighted by atomic mass is 9.83. The van der Waals surface area contributed by atoms with E-state index in [4.69, 9.17) is 0 Å². The second-order valence-corrected chi connectivity index (χ2v) is 8.63. The number of carbonyl (C=O) groups excluding carboxylic acids is 2. The van der Waals surface area contributed by atoms with Crippen LogP contribution in [0.5, 0.6) is 0 Å². The van der Waals surface area contributed by atoms with E-state index in [2.05, 4.69) is 34.2 Å². The van der Waals surface area contributed by atoms with Crippen molar-refractivity contribution in [2.75, 3.05) is 32.7 Å². The Morgan fingerprint density at radius 2 is 1.88 bits per heavy atom. The van der Waals surface area contributed by atoms with Crippen molar-refractivity contribution in [2.24, 2.45) is 22.9 Å². The van der Waals surface area contributed by atoms with Gasteiger partial charge in [0.15, 0.2) is 0 Å². The first-order chi connectivity index (χ1) is 12.5. The number of nitrogens with zero attached hydrogens (tertiary/aromatic N) is 3. The fourth-order valence-electron chi connectivity index (χ4n) is 4.62. The fourth-order valence-corrected chi connectivity index (χ4v) is 4.62. The summed E-state index contributed by atoms with van der Waals surface area (Å²) in [5.74, 6) is 2.44. The molecule has 3 aliphatic rings. The molecule has 3 aliphatic heterocycles. The van der Waals surface area contributed by atoms with Crippen molar-refractivity contribution in [3.8, 4) is 0 Å². The third-order valence-electron chi connectivity index (χ3n) is 6.11. The minimum absolute atomic E-state index is 0.0260. The normalized spacial score (nSPS) is 25.5. The maximum Gasteiger partial charge on any atom is 0.240 e. The van der Waals surface area contributed by atoms with Crippen LogP contribution in [0.3, 0.4) is 0 Å². The van der Waals surface area contributed by atoms with Gasteiger partial charge in [0.2, 0.25) is 11.8 Å².